The van der Waals surface area contributed by atoms with E-state index in [1.807, 2.05) is 6.92 Å². The van der Waals surface area contributed by atoms with Crippen LogP contribution in [0.5, 0.6) is 0 Å². The van der Waals surface area contributed by atoms with E-state index in [-0.39, 0.29) is 0 Å². The molecule has 21 heavy (non-hydrogen) atoms. The quantitative estimate of drug-likeness (QED) is 0.868. The average Bonchev–Trinajstić information content (AvgIpc) is 2.42. The van der Waals surface area contributed by atoms with Gasteiger partial charge in [-0.3, -0.25) is 0 Å². The Labute approximate surface area is 122 Å². The predicted octanol–water partition coefficient (Wildman–Crippen LogP) is 4.61. The van der Waals surface area contributed by atoms with Gasteiger partial charge in [0.05, 0.1) is 5.56 Å². The maximum Gasteiger partial charge on any atom is 0.416 e. The Bertz CT molecular complexity index is 600. The summed E-state index contributed by atoms with van der Waals surface area (Å²) < 4.78 is 37.4. The number of aryl methyl sites for hydroxylation is 2. The molecule has 2 aromatic rings. The van der Waals surface area contributed by atoms with Gasteiger partial charge >= 0.3 is 6.18 Å². The van der Waals surface area contributed by atoms with Gasteiger partial charge in [-0.05, 0) is 42.7 Å². The highest BCUT2D eigenvalue weighted by atomic mass is 19.4. The van der Waals surface area contributed by atoms with Crippen LogP contribution in [-0.2, 0) is 19.3 Å². The standard InChI is InChI=1S/C17H18F3N/c1-12-3-4-13(2)15(9-12)11-21-10-14-5-7-16(8-6-14)17(18,19)20/h3-9,21H,10-11H2,1-2H3. The molecule has 0 radical (unpaired) electrons. The lowest BCUT2D eigenvalue weighted by molar-refractivity contribution is -0.137. The molecule has 112 valence electrons. The monoisotopic (exact) mass is 293 g/mol. The molecule has 1 nitrogen and oxygen atoms in total. The van der Waals surface area contributed by atoms with Crippen molar-refractivity contribution >= 4 is 0 Å². The van der Waals surface area contributed by atoms with Crippen molar-refractivity contribution < 1.29 is 13.2 Å². The molecule has 0 heterocycles. The molecule has 4 heteroatoms. The van der Waals surface area contributed by atoms with Gasteiger partial charge in [-0.15, -0.1) is 0 Å². The number of hydrogen-bond acceptors (Lipinski definition) is 1. The topological polar surface area (TPSA) is 12.0 Å². The largest absolute Gasteiger partial charge is 0.416 e. The molecule has 0 aliphatic heterocycles. The van der Waals surface area contributed by atoms with E-state index in [4.69, 9.17) is 0 Å². The normalized spacial score (nSPS) is 11.7. The summed E-state index contributed by atoms with van der Waals surface area (Å²) in [6, 6.07) is 11.5. The van der Waals surface area contributed by atoms with Crippen molar-refractivity contribution in [2.45, 2.75) is 33.1 Å². The van der Waals surface area contributed by atoms with Crippen molar-refractivity contribution in [2.75, 3.05) is 0 Å². The van der Waals surface area contributed by atoms with E-state index >= 15 is 0 Å². The number of rotatable bonds is 4. The van der Waals surface area contributed by atoms with Crippen LogP contribution >= 0.6 is 0 Å². The minimum absolute atomic E-state index is 0.547. The Balaban J connectivity index is 1.93. The highest BCUT2D eigenvalue weighted by Gasteiger charge is 2.29. The maximum atomic E-state index is 12.5. The van der Waals surface area contributed by atoms with Gasteiger partial charge in [-0.1, -0.05) is 35.9 Å². The lowest BCUT2D eigenvalue weighted by Gasteiger charge is -2.10. The fourth-order valence-corrected chi connectivity index (χ4v) is 2.14. The first-order valence-corrected chi connectivity index (χ1v) is 6.79. The molecule has 2 rings (SSSR count). The minimum atomic E-state index is -4.27. The summed E-state index contributed by atoms with van der Waals surface area (Å²) >= 11 is 0. The van der Waals surface area contributed by atoms with Crippen molar-refractivity contribution in [3.05, 3.63) is 70.3 Å². The summed E-state index contributed by atoms with van der Waals surface area (Å²) in [5.74, 6) is 0. The fourth-order valence-electron chi connectivity index (χ4n) is 2.14. The molecular weight excluding hydrogens is 275 g/mol. The smallest absolute Gasteiger partial charge is 0.309 e. The van der Waals surface area contributed by atoms with Gasteiger partial charge in [0.15, 0.2) is 0 Å². The second kappa shape index (κ2) is 6.31. The lowest BCUT2D eigenvalue weighted by atomic mass is 10.1. The highest BCUT2D eigenvalue weighted by Crippen LogP contribution is 2.29. The van der Waals surface area contributed by atoms with E-state index in [1.165, 1.54) is 28.8 Å². The number of hydrogen-bond donors (Lipinski definition) is 1. The molecule has 0 fully saturated rings. The molecule has 0 amide bonds. The molecule has 0 saturated carbocycles. The van der Waals surface area contributed by atoms with Crippen molar-refractivity contribution in [2.24, 2.45) is 0 Å². The Kier molecular flexibility index (Phi) is 4.68. The van der Waals surface area contributed by atoms with Crippen molar-refractivity contribution in [1.29, 1.82) is 0 Å². The van der Waals surface area contributed by atoms with Gasteiger partial charge in [0.1, 0.15) is 0 Å². The van der Waals surface area contributed by atoms with Crippen LogP contribution < -0.4 is 5.32 Å². The van der Waals surface area contributed by atoms with E-state index < -0.39 is 11.7 Å². The molecule has 2 aromatic carbocycles. The summed E-state index contributed by atoms with van der Waals surface area (Å²) in [6.45, 7) is 5.34. The van der Waals surface area contributed by atoms with Crippen molar-refractivity contribution in [3.63, 3.8) is 0 Å². The van der Waals surface area contributed by atoms with Gasteiger partial charge in [-0.2, -0.15) is 13.2 Å². The number of benzene rings is 2. The lowest BCUT2D eigenvalue weighted by Crippen LogP contribution is -2.14. The van der Waals surface area contributed by atoms with Crippen LogP contribution in [0.1, 0.15) is 27.8 Å². The van der Waals surface area contributed by atoms with Crippen LogP contribution in [0.25, 0.3) is 0 Å². The van der Waals surface area contributed by atoms with Crippen LogP contribution in [0.4, 0.5) is 13.2 Å². The summed E-state index contributed by atoms with van der Waals surface area (Å²) in [5, 5.41) is 3.26. The molecule has 0 spiro atoms. The zero-order valence-corrected chi connectivity index (χ0v) is 12.1. The second-order valence-electron chi connectivity index (χ2n) is 5.23. The molecule has 0 saturated heterocycles. The number of alkyl halides is 3. The van der Waals surface area contributed by atoms with Gasteiger partial charge in [-0.25, -0.2) is 0 Å². The minimum Gasteiger partial charge on any atom is -0.309 e. The molecule has 0 aliphatic rings. The first kappa shape index (κ1) is 15.6. The van der Waals surface area contributed by atoms with Crippen LogP contribution in [0, 0.1) is 13.8 Å². The van der Waals surface area contributed by atoms with Crippen LogP contribution in [0.15, 0.2) is 42.5 Å². The van der Waals surface area contributed by atoms with Crippen LogP contribution in [0.2, 0.25) is 0 Å². The number of nitrogens with one attached hydrogen (secondary N) is 1. The van der Waals surface area contributed by atoms with E-state index in [0.717, 1.165) is 17.7 Å². The summed E-state index contributed by atoms with van der Waals surface area (Å²) in [4.78, 5) is 0. The molecule has 0 aliphatic carbocycles. The van der Waals surface area contributed by atoms with E-state index in [2.05, 4.69) is 30.4 Å². The van der Waals surface area contributed by atoms with Gasteiger partial charge in [0, 0.05) is 13.1 Å². The Hall–Kier alpha value is -1.81. The second-order valence-corrected chi connectivity index (χ2v) is 5.23. The van der Waals surface area contributed by atoms with Crippen LogP contribution in [0.3, 0.4) is 0 Å². The predicted molar refractivity (Wildman–Crippen MR) is 77.9 cm³/mol. The molecule has 1 N–H and O–H groups in total. The summed E-state index contributed by atoms with van der Waals surface area (Å²) in [5.41, 5.74) is 3.85. The zero-order chi connectivity index (χ0) is 15.5. The first-order chi connectivity index (χ1) is 9.86. The maximum absolute atomic E-state index is 12.5. The van der Waals surface area contributed by atoms with Crippen molar-refractivity contribution in [1.82, 2.24) is 5.32 Å². The third-order valence-corrected chi connectivity index (χ3v) is 3.43. The molecule has 0 atom stereocenters. The molecule has 0 bridgehead atoms. The molecule has 0 aromatic heterocycles. The Morgan fingerprint density at radius 1 is 0.905 bits per heavy atom. The third-order valence-electron chi connectivity index (χ3n) is 3.43. The van der Waals surface area contributed by atoms with E-state index in [0.29, 0.717) is 13.1 Å². The first-order valence-electron chi connectivity index (χ1n) is 6.79. The number of halogens is 3. The third kappa shape index (κ3) is 4.33. The fraction of sp³-hybridized carbons (Fsp3) is 0.294. The summed E-state index contributed by atoms with van der Waals surface area (Å²) in [7, 11) is 0. The van der Waals surface area contributed by atoms with Gasteiger partial charge < -0.3 is 5.32 Å². The molecular formula is C17H18F3N. The van der Waals surface area contributed by atoms with Gasteiger partial charge in [0.2, 0.25) is 0 Å². The van der Waals surface area contributed by atoms with Gasteiger partial charge in [0.25, 0.3) is 0 Å². The molecule has 0 unspecified atom stereocenters. The van der Waals surface area contributed by atoms with Crippen molar-refractivity contribution in [3.8, 4) is 0 Å². The van der Waals surface area contributed by atoms with E-state index in [1.54, 1.807) is 0 Å². The SMILES string of the molecule is Cc1ccc(C)c(CNCc2ccc(C(F)(F)F)cc2)c1. The van der Waals surface area contributed by atoms with E-state index in [9.17, 15) is 13.2 Å². The highest BCUT2D eigenvalue weighted by molar-refractivity contribution is 5.30. The summed E-state index contributed by atoms with van der Waals surface area (Å²) in [6.07, 6.45) is -4.27. The zero-order valence-electron chi connectivity index (χ0n) is 12.1. The Morgan fingerprint density at radius 2 is 1.57 bits per heavy atom. The van der Waals surface area contributed by atoms with Crippen LogP contribution in [-0.4, -0.2) is 0 Å². The average molecular weight is 293 g/mol. The Morgan fingerprint density at radius 3 is 2.19 bits per heavy atom.